The van der Waals surface area contributed by atoms with E-state index in [1.807, 2.05) is 32.9 Å². The third-order valence-electron chi connectivity index (χ3n) is 4.64. The number of rotatable bonds is 2. The minimum absolute atomic E-state index is 0.00662. The number of pyridine rings is 1. The molecule has 0 aromatic carbocycles. The van der Waals surface area contributed by atoms with Gasteiger partial charge < -0.3 is 19.5 Å². The Morgan fingerprint density at radius 1 is 1.43 bits per heavy atom. The smallest absolute Gasteiger partial charge is 0.410 e. The van der Waals surface area contributed by atoms with Crippen LogP contribution in [0.15, 0.2) is 18.2 Å². The first-order chi connectivity index (χ1) is 10.7. The summed E-state index contributed by atoms with van der Waals surface area (Å²) in [4.78, 5) is 18.4. The summed E-state index contributed by atoms with van der Waals surface area (Å²) in [7, 11) is 1.56. The van der Waals surface area contributed by atoms with Crippen molar-refractivity contribution in [1.82, 2.24) is 9.88 Å². The van der Waals surface area contributed by atoms with E-state index in [-0.39, 0.29) is 18.1 Å². The number of nitrogens with zero attached hydrogens (tertiary/aromatic N) is 2. The van der Waals surface area contributed by atoms with Crippen LogP contribution in [-0.4, -0.2) is 46.4 Å². The van der Waals surface area contributed by atoms with Gasteiger partial charge in [-0.3, -0.25) is 0 Å². The van der Waals surface area contributed by atoms with E-state index in [0.717, 1.165) is 6.42 Å². The van der Waals surface area contributed by atoms with E-state index in [0.29, 0.717) is 24.5 Å². The molecular formula is C17H24N2O4. The number of ether oxygens (including phenoxy) is 2. The third kappa shape index (κ3) is 2.87. The summed E-state index contributed by atoms with van der Waals surface area (Å²) in [5.41, 5.74) is -0.894. The van der Waals surface area contributed by atoms with Crippen LogP contribution in [0.25, 0.3) is 0 Å². The molecule has 1 aliphatic heterocycles. The molecule has 0 radical (unpaired) electrons. The number of piperidine rings is 1. The zero-order chi connectivity index (χ0) is 16.8. The molecular weight excluding hydrogens is 296 g/mol. The van der Waals surface area contributed by atoms with Crippen LogP contribution < -0.4 is 4.74 Å². The Morgan fingerprint density at radius 2 is 2.17 bits per heavy atom. The molecule has 2 bridgehead atoms. The van der Waals surface area contributed by atoms with Gasteiger partial charge in [-0.25, -0.2) is 9.78 Å². The number of methoxy groups -OCH3 is 1. The summed E-state index contributed by atoms with van der Waals surface area (Å²) >= 11 is 0. The quantitative estimate of drug-likeness (QED) is 0.905. The predicted octanol–water partition coefficient (Wildman–Crippen LogP) is 2.31. The largest absolute Gasteiger partial charge is 0.481 e. The Hall–Kier alpha value is -1.82. The summed E-state index contributed by atoms with van der Waals surface area (Å²) in [6, 6.07) is 5.40. The van der Waals surface area contributed by atoms with E-state index in [1.54, 1.807) is 18.1 Å². The Labute approximate surface area is 136 Å². The van der Waals surface area contributed by atoms with Gasteiger partial charge in [0.05, 0.1) is 12.8 Å². The molecule has 2 aliphatic rings. The lowest BCUT2D eigenvalue weighted by atomic mass is 9.85. The molecule has 0 spiro atoms. The topological polar surface area (TPSA) is 71.9 Å². The number of fused-ring (bicyclic) bond motifs is 2. The van der Waals surface area contributed by atoms with Crippen LogP contribution in [0.4, 0.5) is 4.79 Å². The molecule has 3 atom stereocenters. The first-order valence-corrected chi connectivity index (χ1v) is 7.96. The van der Waals surface area contributed by atoms with Crippen molar-refractivity contribution < 1.29 is 19.4 Å². The lowest BCUT2D eigenvalue weighted by Gasteiger charge is -2.37. The van der Waals surface area contributed by atoms with Gasteiger partial charge in [0.25, 0.3) is 0 Å². The van der Waals surface area contributed by atoms with E-state index in [9.17, 15) is 9.90 Å². The SMILES string of the molecule is COc1cccc(C2(O)CC3CC2CN3C(=O)OC(C)(C)C)n1. The van der Waals surface area contributed by atoms with Gasteiger partial charge in [-0.05, 0) is 33.3 Å². The molecule has 3 unspecified atom stereocenters. The first-order valence-electron chi connectivity index (χ1n) is 7.96. The molecule has 1 amide bonds. The van der Waals surface area contributed by atoms with Crippen molar-refractivity contribution in [1.29, 1.82) is 0 Å². The van der Waals surface area contributed by atoms with Gasteiger partial charge in [0, 0.05) is 31.0 Å². The maximum atomic E-state index is 12.3. The van der Waals surface area contributed by atoms with Gasteiger partial charge >= 0.3 is 6.09 Å². The average Bonchev–Trinajstić information content (AvgIpc) is 3.03. The standard InChI is InChI=1S/C17H24N2O4/c1-16(2,3)23-15(20)19-10-11-8-12(19)9-17(11,21)13-6-5-7-14(18-13)22-4/h5-7,11-12,21H,8-10H2,1-4H3. The second-order valence-corrected chi connectivity index (χ2v) is 7.41. The monoisotopic (exact) mass is 320 g/mol. The van der Waals surface area contributed by atoms with Crippen LogP contribution in [0.5, 0.6) is 5.88 Å². The Kier molecular flexibility index (Phi) is 3.75. The van der Waals surface area contributed by atoms with E-state index < -0.39 is 11.2 Å². The molecule has 1 aliphatic carbocycles. The normalized spacial score (nSPS) is 29.7. The molecule has 1 N–H and O–H groups in total. The number of likely N-dealkylation sites (tertiary alicyclic amines) is 1. The summed E-state index contributed by atoms with van der Waals surface area (Å²) in [6.45, 7) is 6.07. The van der Waals surface area contributed by atoms with Gasteiger partial charge in [0.1, 0.15) is 11.2 Å². The van der Waals surface area contributed by atoms with Crippen molar-refractivity contribution >= 4 is 6.09 Å². The van der Waals surface area contributed by atoms with Crippen molar-refractivity contribution in [2.45, 2.75) is 50.9 Å². The van der Waals surface area contributed by atoms with Gasteiger partial charge in [-0.1, -0.05) is 6.07 Å². The second kappa shape index (κ2) is 5.37. The van der Waals surface area contributed by atoms with Crippen LogP contribution in [0.3, 0.4) is 0 Å². The van der Waals surface area contributed by atoms with E-state index >= 15 is 0 Å². The van der Waals surface area contributed by atoms with Crippen molar-refractivity contribution in [2.24, 2.45) is 5.92 Å². The molecule has 1 aromatic rings. The van der Waals surface area contributed by atoms with Gasteiger partial charge in [-0.15, -0.1) is 0 Å². The Bertz CT molecular complexity index is 613. The molecule has 2 heterocycles. The molecule has 1 saturated heterocycles. The number of hydrogen-bond acceptors (Lipinski definition) is 5. The molecule has 2 fully saturated rings. The van der Waals surface area contributed by atoms with Crippen LogP contribution in [0.1, 0.15) is 39.3 Å². The second-order valence-electron chi connectivity index (χ2n) is 7.41. The van der Waals surface area contributed by atoms with E-state index in [4.69, 9.17) is 9.47 Å². The van der Waals surface area contributed by atoms with Crippen molar-refractivity contribution in [3.63, 3.8) is 0 Å². The molecule has 126 valence electrons. The number of hydrogen-bond donors (Lipinski definition) is 1. The predicted molar refractivity (Wildman–Crippen MR) is 84.1 cm³/mol. The molecule has 1 saturated carbocycles. The lowest BCUT2D eigenvalue weighted by Crippen LogP contribution is -2.48. The summed E-state index contributed by atoms with van der Waals surface area (Å²) in [5.74, 6) is 0.460. The van der Waals surface area contributed by atoms with Crippen LogP contribution in [0, 0.1) is 5.92 Å². The number of aliphatic hydroxyl groups is 1. The first kappa shape index (κ1) is 16.1. The van der Waals surface area contributed by atoms with Crippen LogP contribution >= 0.6 is 0 Å². The zero-order valence-corrected chi connectivity index (χ0v) is 14.1. The zero-order valence-electron chi connectivity index (χ0n) is 14.1. The van der Waals surface area contributed by atoms with Gasteiger partial charge in [0.15, 0.2) is 0 Å². The highest BCUT2D eigenvalue weighted by atomic mass is 16.6. The number of aromatic nitrogens is 1. The molecule has 3 rings (SSSR count). The molecule has 23 heavy (non-hydrogen) atoms. The molecule has 6 nitrogen and oxygen atoms in total. The van der Waals surface area contributed by atoms with Gasteiger partial charge in [0.2, 0.25) is 5.88 Å². The number of carbonyl (C=O) groups is 1. The van der Waals surface area contributed by atoms with Crippen molar-refractivity contribution in [3.05, 3.63) is 23.9 Å². The fourth-order valence-corrected chi connectivity index (χ4v) is 3.61. The van der Waals surface area contributed by atoms with E-state index in [2.05, 4.69) is 4.98 Å². The minimum atomic E-state index is -1.00. The number of amides is 1. The summed E-state index contributed by atoms with van der Waals surface area (Å²) < 4.78 is 10.6. The maximum absolute atomic E-state index is 12.3. The highest BCUT2D eigenvalue weighted by Crippen LogP contribution is 2.50. The maximum Gasteiger partial charge on any atom is 0.410 e. The van der Waals surface area contributed by atoms with Gasteiger partial charge in [-0.2, -0.15) is 0 Å². The Morgan fingerprint density at radius 3 is 2.74 bits per heavy atom. The lowest BCUT2D eigenvalue weighted by molar-refractivity contribution is -0.0469. The van der Waals surface area contributed by atoms with Crippen molar-refractivity contribution in [3.8, 4) is 5.88 Å². The van der Waals surface area contributed by atoms with Crippen LogP contribution in [-0.2, 0) is 10.3 Å². The third-order valence-corrected chi connectivity index (χ3v) is 4.64. The summed E-state index contributed by atoms with van der Waals surface area (Å²) in [5, 5.41) is 11.1. The molecule has 6 heteroatoms. The summed E-state index contributed by atoms with van der Waals surface area (Å²) in [6.07, 6.45) is 0.955. The molecule has 1 aromatic heterocycles. The highest BCUT2D eigenvalue weighted by Gasteiger charge is 2.57. The average molecular weight is 320 g/mol. The van der Waals surface area contributed by atoms with Crippen LogP contribution in [0.2, 0.25) is 0 Å². The fraction of sp³-hybridized carbons (Fsp3) is 0.647. The Balaban J connectivity index is 1.76. The fourth-order valence-electron chi connectivity index (χ4n) is 3.61. The van der Waals surface area contributed by atoms with Crippen molar-refractivity contribution in [2.75, 3.05) is 13.7 Å². The highest BCUT2D eigenvalue weighted by molar-refractivity contribution is 5.69. The minimum Gasteiger partial charge on any atom is -0.481 e. The van der Waals surface area contributed by atoms with E-state index in [1.165, 1.54) is 0 Å². The number of carbonyl (C=O) groups excluding carboxylic acids is 1.